The van der Waals surface area contributed by atoms with Crippen LogP contribution in [0.1, 0.15) is 37.7 Å². The van der Waals surface area contributed by atoms with Gasteiger partial charge >= 0.3 is 6.03 Å². The minimum absolute atomic E-state index is 0.147. The highest BCUT2D eigenvalue weighted by molar-refractivity contribution is 6.07. The Morgan fingerprint density at radius 2 is 1.83 bits per heavy atom. The van der Waals surface area contributed by atoms with Gasteiger partial charge in [0.1, 0.15) is 5.54 Å². The minimum atomic E-state index is -0.864. The average molecular weight is 399 g/mol. The van der Waals surface area contributed by atoms with Crippen molar-refractivity contribution in [3.63, 3.8) is 0 Å². The van der Waals surface area contributed by atoms with Gasteiger partial charge in [-0.15, -0.1) is 0 Å². The summed E-state index contributed by atoms with van der Waals surface area (Å²) in [6.07, 6.45) is 4.06. The zero-order valence-corrected chi connectivity index (χ0v) is 17.0. The second kappa shape index (κ2) is 8.14. The highest BCUT2D eigenvalue weighted by Crippen LogP contribution is 2.39. The van der Waals surface area contributed by atoms with Gasteiger partial charge in [0.15, 0.2) is 0 Å². The molecule has 0 radical (unpaired) electrons. The van der Waals surface area contributed by atoms with Gasteiger partial charge < -0.3 is 14.5 Å². The number of carbonyl (C=O) groups excluding carboxylic acids is 3. The number of imide groups is 1. The molecule has 0 atom stereocenters. The lowest BCUT2D eigenvalue weighted by Crippen LogP contribution is -2.58. The topological polar surface area (TPSA) is 70.2 Å². The highest BCUT2D eigenvalue weighted by atomic mass is 16.5. The molecule has 1 spiro atoms. The van der Waals surface area contributed by atoms with Crippen LogP contribution < -0.4 is 0 Å². The molecule has 156 valence electrons. The number of hydrogen-bond donors (Lipinski definition) is 0. The van der Waals surface area contributed by atoms with Crippen LogP contribution in [-0.4, -0.2) is 71.4 Å². The van der Waals surface area contributed by atoms with Crippen molar-refractivity contribution in [1.29, 1.82) is 0 Å². The predicted octanol–water partition coefficient (Wildman–Crippen LogP) is 2.26. The molecule has 29 heavy (non-hydrogen) atoms. The Bertz CT molecular complexity index is 770. The number of urea groups is 1. The molecule has 1 saturated carbocycles. The summed E-state index contributed by atoms with van der Waals surface area (Å²) in [5.41, 5.74) is 0.131. The van der Waals surface area contributed by atoms with Gasteiger partial charge in [-0.05, 0) is 31.2 Å². The number of benzene rings is 1. The molecule has 1 aromatic carbocycles. The van der Waals surface area contributed by atoms with Crippen molar-refractivity contribution in [3.8, 4) is 0 Å². The van der Waals surface area contributed by atoms with Gasteiger partial charge in [-0.1, -0.05) is 36.8 Å². The summed E-state index contributed by atoms with van der Waals surface area (Å²) in [5.74, 6) is 0.225. The summed E-state index contributed by atoms with van der Waals surface area (Å²) in [5, 5.41) is 0. The van der Waals surface area contributed by atoms with Gasteiger partial charge in [-0.2, -0.15) is 0 Å². The van der Waals surface area contributed by atoms with E-state index in [2.05, 4.69) is 0 Å². The quantitative estimate of drug-likeness (QED) is 0.688. The van der Waals surface area contributed by atoms with Crippen LogP contribution >= 0.6 is 0 Å². The van der Waals surface area contributed by atoms with E-state index < -0.39 is 5.54 Å². The average Bonchev–Trinajstić information content (AvgIpc) is 2.88. The van der Waals surface area contributed by atoms with Crippen molar-refractivity contribution in [3.05, 3.63) is 35.9 Å². The molecule has 3 aliphatic rings. The first-order valence-corrected chi connectivity index (χ1v) is 10.5. The summed E-state index contributed by atoms with van der Waals surface area (Å²) < 4.78 is 5.11. The number of amides is 4. The molecular formula is C22H29N3O4. The van der Waals surface area contributed by atoms with Crippen molar-refractivity contribution < 1.29 is 19.1 Å². The van der Waals surface area contributed by atoms with Crippen LogP contribution in [0.4, 0.5) is 4.79 Å². The SMILES string of the molecule is COCCN1C(=O)N(Cc2ccccc2)C2(CCN(C(=O)C3CCC3)CC2)C1=O. The lowest BCUT2D eigenvalue weighted by atomic mass is 9.81. The number of carbonyl (C=O) groups is 3. The molecule has 7 heteroatoms. The van der Waals surface area contributed by atoms with Gasteiger partial charge in [0.05, 0.1) is 13.2 Å². The Kier molecular flexibility index (Phi) is 5.58. The summed E-state index contributed by atoms with van der Waals surface area (Å²) in [6, 6.07) is 9.50. The summed E-state index contributed by atoms with van der Waals surface area (Å²) >= 11 is 0. The number of likely N-dealkylation sites (tertiary alicyclic amines) is 1. The molecule has 1 aliphatic carbocycles. The number of piperidine rings is 1. The highest BCUT2D eigenvalue weighted by Gasteiger charge is 2.58. The smallest absolute Gasteiger partial charge is 0.328 e. The van der Waals surface area contributed by atoms with Gasteiger partial charge in [0.2, 0.25) is 5.91 Å². The Hall–Kier alpha value is -2.41. The third kappa shape index (κ3) is 3.52. The molecule has 2 heterocycles. The van der Waals surface area contributed by atoms with Crippen LogP contribution in [-0.2, 0) is 20.9 Å². The maximum absolute atomic E-state index is 13.4. The van der Waals surface area contributed by atoms with Gasteiger partial charge in [0.25, 0.3) is 5.91 Å². The molecule has 0 unspecified atom stereocenters. The second-order valence-corrected chi connectivity index (χ2v) is 8.29. The van der Waals surface area contributed by atoms with Crippen LogP contribution in [0, 0.1) is 5.92 Å². The number of methoxy groups -OCH3 is 1. The van der Waals surface area contributed by atoms with Gasteiger partial charge in [-0.25, -0.2) is 4.79 Å². The van der Waals surface area contributed by atoms with Crippen molar-refractivity contribution in [1.82, 2.24) is 14.7 Å². The van der Waals surface area contributed by atoms with E-state index in [1.54, 1.807) is 12.0 Å². The normalized spacial score (nSPS) is 21.8. The third-order valence-electron chi connectivity index (χ3n) is 6.68. The lowest BCUT2D eigenvalue weighted by Gasteiger charge is -2.43. The van der Waals surface area contributed by atoms with E-state index in [9.17, 15) is 14.4 Å². The number of ether oxygens (including phenoxy) is 1. The molecule has 3 fully saturated rings. The van der Waals surface area contributed by atoms with E-state index in [1.807, 2.05) is 35.2 Å². The largest absolute Gasteiger partial charge is 0.383 e. The first-order valence-electron chi connectivity index (χ1n) is 10.5. The predicted molar refractivity (Wildman–Crippen MR) is 107 cm³/mol. The van der Waals surface area contributed by atoms with E-state index >= 15 is 0 Å². The van der Waals surface area contributed by atoms with Crippen LogP contribution in [0.3, 0.4) is 0 Å². The fourth-order valence-corrected chi connectivity index (χ4v) is 4.64. The van der Waals surface area contributed by atoms with Gasteiger partial charge in [0, 0.05) is 32.7 Å². The fourth-order valence-electron chi connectivity index (χ4n) is 4.64. The van der Waals surface area contributed by atoms with E-state index in [-0.39, 0.29) is 30.3 Å². The zero-order valence-electron chi connectivity index (χ0n) is 17.0. The Labute approximate surface area is 171 Å². The molecule has 4 rings (SSSR count). The zero-order chi connectivity index (χ0) is 20.4. The third-order valence-corrected chi connectivity index (χ3v) is 6.68. The maximum Gasteiger partial charge on any atom is 0.328 e. The van der Waals surface area contributed by atoms with Crippen LogP contribution in [0.5, 0.6) is 0 Å². The van der Waals surface area contributed by atoms with Crippen molar-refractivity contribution in [2.45, 2.75) is 44.2 Å². The van der Waals surface area contributed by atoms with Gasteiger partial charge in [-0.3, -0.25) is 14.5 Å². The standard InChI is InChI=1S/C22H29N3O4/c1-29-15-14-24-20(27)22(25(21(24)28)16-17-6-3-2-4-7-17)10-12-23(13-11-22)19(26)18-8-5-9-18/h2-4,6-7,18H,5,8-16H2,1H3. The summed E-state index contributed by atoms with van der Waals surface area (Å²) in [4.78, 5) is 44.1. The van der Waals surface area contributed by atoms with E-state index in [1.165, 1.54) is 4.90 Å². The maximum atomic E-state index is 13.4. The summed E-state index contributed by atoms with van der Waals surface area (Å²) in [6.45, 7) is 2.02. The number of rotatable bonds is 6. The number of hydrogen-bond acceptors (Lipinski definition) is 4. The Morgan fingerprint density at radius 1 is 1.14 bits per heavy atom. The molecule has 7 nitrogen and oxygen atoms in total. The molecular weight excluding hydrogens is 370 g/mol. The molecule has 2 saturated heterocycles. The lowest BCUT2D eigenvalue weighted by molar-refractivity contribution is -0.145. The van der Waals surface area contributed by atoms with Crippen molar-refractivity contribution >= 4 is 17.8 Å². The number of nitrogens with zero attached hydrogens (tertiary/aromatic N) is 3. The van der Waals surface area contributed by atoms with Crippen molar-refractivity contribution in [2.24, 2.45) is 5.92 Å². The first-order chi connectivity index (χ1) is 14.1. The van der Waals surface area contributed by atoms with Crippen LogP contribution in [0.25, 0.3) is 0 Å². The first kappa shape index (κ1) is 19.9. The van der Waals surface area contributed by atoms with E-state index in [0.29, 0.717) is 39.1 Å². The molecule has 0 N–H and O–H groups in total. The molecule has 4 amide bonds. The van der Waals surface area contributed by atoms with Crippen LogP contribution in [0.2, 0.25) is 0 Å². The Balaban J connectivity index is 1.55. The fraction of sp³-hybridized carbons (Fsp3) is 0.591. The van der Waals surface area contributed by atoms with E-state index in [4.69, 9.17) is 4.74 Å². The van der Waals surface area contributed by atoms with Crippen LogP contribution in [0.15, 0.2) is 30.3 Å². The molecule has 0 bridgehead atoms. The van der Waals surface area contributed by atoms with Crippen molar-refractivity contribution in [2.75, 3.05) is 33.4 Å². The van der Waals surface area contributed by atoms with E-state index in [0.717, 1.165) is 24.8 Å². The molecule has 1 aromatic rings. The molecule has 0 aromatic heterocycles. The molecule has 2 aliphatic heterocycles. The minimum Gasteiger partial charge on any atom is -0.383 e. The summed E-state index contributed by atoms with van der Waals surface area (Å²) in [7, 11) is 1.56. The monoisotopic (exact) mass is 399 g/mol. The Morgan fingerprint density at radius 3 is 2.41 bits per heavy atom. The second-order valence-electron chi connectivity index (χ2n) is 8.29.